The van der Waals surface area contributed by atoms with Gasteiger partial charge in [-0.15, -0.1) is 0 Å². The first-order chi connectivity index (χ1) is 14.4. The second kappa shape index (κ2) is 7.41. The van der Waals surface area contributed by atoms with Crippen molar-refractivity contribution in [2.75, 3.05) is 26.2 Å². The molecule has 0 bridgehead atoms. The van der Waals surface area contributed by atoms with Crippen LogP contribution in [0.4, 0.5) is 0 Å². The van der Waals surface area contributed by atoms with Crippen LogP contribution in [0.15, 0.2) is 35.0 Å². The van der Waals surface area contributed by atoms with Crippen LogP contribution in [-0.4, -0.2) is 52.6 Å². The molecule has 1 spiro atoms. The average Bonchev–Trinajstić information content (AvgIpc) is 3.37. The lowest BCUT2D eigenvalue weighted by Crippen LogP contribution is -2.48. The van der Waals surface area contributed by atoms with Gasteiger partial charge in [0.15, 0.2) is 0 Å². The number of carbonyl (C=O) groups excluding carboxylic acids is 1. The van der Waals surface area contributed by atoms with E-state index in [-0.39, 0.29) is 11.5 Å². The van der Waals surface area contributed by atoms with E-state index in [4.69, 9.17) is 9.26 Å². The predicted octanol–water partition coefficient (Wildman–Crippen LogP) is 3.91. The number of aromatic nitrogens is 1. The Labute approximate surface area is 178 Å². The first-order valence-electron chi connectivity index (χ1n) is 11.2. The smallest absolute Gasteiger partial charge is 0.292 e. The van der Waals surface area contributed by atoms with Crippen LogP contribution in [0.25, 0.3) is 0 Å². The molecule has 3 aliphatic heterocycles. The molecule has 30 heavy (non-hydrogen) atoms. The molecular formula is C24H31N3O3. The number of nitrogens with zero attached hydrogens (tertiary/aromatic N) is 3. The Bertz CT molecular complexity index is 904. The highest BCUT2D eigenvalue weighted by molar-refractivity contribution is 5.91. The molecule has 0 radical (unpaired) electrons. The molecule has 2 saturated heterocycles. The van der Waals surface area contributed by atoms with Crippen molar-refractivity contribution >= 4 is 5.91 Å². The van der Waals surface area contributed by atoms with Gasteiger partial charge in [0, 0.05) is 37.7 Å². The van der Waals surface area contributed by atoms with Crippen LogP contribution >= 0.6 is 0 Å². The molecule has 1 aromatic heterocycles. The molecule has 160 valence electrons. The molecule has 3 aliphatic rings. The molecule has 2 fully saturated rings. The highest BCUT2D eigenvalue weighted by Gasteiger charge is 2.39. The summed E-state index contributed by atoms with van der Waals surface area (Å²) in [5.74, 6) is 1.43. The van der Waals surface area contributed by atoms with E-state index in [0.29, 0.717) is 11.2 Å². The molecule has 2 aromatic rings. The second-order valence-electron chi connectivity index (χ2n) is 9.89. The van der Waals surface area contributed by atoms with Crippen molar-refractivity contribution < 1.29 is 14.1 Å². The third-order valence-corrected chi connectivity index (χ3v) is 7.24. The summed E-state index contributed by atoms with van der Waals surface area (Å²) < 4.78 is 11.3. The van der Waals surface area contributed by atoms with Crippen LogP contribution < -0.4 is 4.74 Å². The highest BCUT2D eigenvalue weighted by atomic mass is 16.5. The number of hydrogen-bond acceptors (Lipinski definition) is 5. The lowest BCUT2D eigenvalue weighted by atomic mass is 9.71. The van der Waals surface area contributed by atoms with E-state index < -0.39 is 0 Å². The van der Waals surface area contributed by atoms with Gasteiger partial charge in [0.1, 0.15) is 11.4 Å². The van der Waals surface area contributed by atoms with Crippen molar-refractivity contribution in [2.24, 2.45) is 5.41 Å². The van der Waals surface area contributed by atoms with Crippen molar-refractivity contribution in [3.63, 3.8) is 0 Å². The molecule has 0 saturated carbocycles. The van der Waals surface area contributed by atoms with Gasteiger partial charge in [-0.3, -0.25) is 9.69 Å². The molecule has 1 aromatic carbocycles. The van der Waals surface area contributed by atoms with E-state index in [1.54, 1.807) is 6.07 Å². The van der Waals surface area contributed by atoms with Crippen LogP contribution in [0.1, 0.15) is 61.2 Å². The highest BCUT2D eigenvalue weighted by Crippen LogP contribution is 2.43. The predicted molar refractivity (Wildman–Crippen MR) is 113 cm³/mol. The van der Waals surface area contributed by atoms with E-state index in [2.05, 4.69) is 42.1 Å². The number of amides is 1. The second-order valence-corrected chi connectivity index (χ2v) is 9.89. The van der Waals surface area contributed by atoms with E-state index in [1.165, 1.54) is 30.2 Å². The van der Waals surface area contributed by atoms with Gasteiger partial charge in [0.2, 0.25) is 5.76 Å². The number of ether oxygens (including phenoxy) is 1. The zero-order chi connectivity index (χ0) is 20.8. The minimum atomic E-state index is -0.0957. The van der Waals surface area contributed by atoms with Crippen LogP contribution in [0.2, 0.25) is 0 Å². The van der Waals surface area contributed by atoms with Gasteiger partial charge in [-0.1, -0.05) is 23.4 Å². The number of fused-ring (bicyclic) bond motifs is 1. The lowest BCUT2D eigenvalue weighted by molar-refractivity contribution is 0.0263. The minimum absolute atomic E-state index is 0.0272. The Morgan fingerprint density at radius 1 is 1.07 bits per heavy atom. The summed E-state index contributed by atoms with van der Waals surface area (Å²) in [5, 5.41) is 3.66. The summed E-state index contributed by atoms with van der Waals surface area (Å²) >= 11 is 0. The van der Waals surface area contributed by atoms with Crippen molar-refractivity contribution in [3.05, 3.63) is 47.3 Å². The fourth-order valence-corrected chi connectivity index (χ4v) is 5.40. The van der Waals surface area contributed by atoms with E-state index in [1.807, 2.05) is 4.90 Å². The summed E-state index contributed by atoms with van der Waals surface area (Å²) in [7, 11) is 0. The van der Waals surface area contributed by atoms with Crippen LogP contribution in [0, 0.1) is 5.41 Å². The molecule has 0 N–H and O–H groups in total. The molecule has 6 heteroatoms. The van der Waals surface area contributed by atoms with E-state index in [9.17, 15) is 4.79 Å². The van der Waals surface area contributed by atoms with Gasteiger partial charge in [0.05, 0.1) is 6.20 Å². The van der Waals surface area contributed by atoms with Crippen LogP contribution in [0.3, 0.4) is 0 Å². The molecule has 4 heterocycles. The fraction of sp³-hybridized carbons (Fsp3) is 0.583. The number of rotatable bonds is 3. The van der Waals surface area contributed by atoms with E-state index >= 15 is 0 Å². The Morgan fingerprint density at radius 2 is 1.80 bits per heavy atom. The largest absolute Gasteiger partial charge is 0.487 e. The lowest BCUT2D eigenvalue weighted by Gasteiger charge is -2.46. The number of carbonyl (C=O) groups is 1. The Hall–Kier alpha value is -2.34. The molecule has 1 amide bonds. The zero-order valence-corrected chi connectivity index (χ0v) is 18.0. The third-order valence-electron chi connectivity index (χ3n) is 7.24. The summed E-state index contributed by atoms with van der Waals surface area (Å²) in [6.07, 6.45) is 7.10. The van der Waals surface area contributed by atoms with Crippen LogP contribution in [0.5, 0.6) is 5.75 Å². The quantitative estimate of drug-likeness (QED) is 0.769. The average molecular weight is 410 g/mol. The van der Waals surface area contributed by atoms with Crippen molar-refractivity contribution in [1.29, 1.82) is 0 Å². The standard InChI is InChI=1S/C24H31N3O3/c1-23(2)16-18-4-3-5-19(21(18)29-23)17-26-12-7-24(8-13-26)9-14-27(15-10-24)22(28)20-6-11-25-30-20/h3-6,11H,7-10,12-17H2,1-2H3. The Balaban J connectivity index is 1.16. The first-order valence-corrected chi connectivity index (χ1v) is 11.2. The maximum absolute atomic E-state index is 12.5. The van der Waals surface area contributed by atoms with Gasteiger partial charge in [-0.05, 0) is 63.6 Å². The zero-order valence-electron chi connectivity index (χ0n) is 18.0. The van der Waals surface area contributed by atoms with Gasteiger partial charge in [-0.2, -0.15) is 0 Å². The number of piperidine rings is 2. The van der Waals surface area contributed by atoms with Crippen molar-refractivity contribution in [2.45, 2.75) is 58.1 Å². The van der Waals surface area contributed by atoms with Gasteiger partial charge >= 0.3 is 0 Å². The number of para-hydroxylation sites is 1. The Kier molecular flexibility index (Phi) is 4.85. The Morgan fingerprint density at radius 3 is 2.50 bits per heavy atom. The maximum atomic E-state index is 12.5. The number of likely N-dealkylation sites (tertiary alicyclic amines) is 2. The topological polar surface area (TPSA) is 58.8 Å². The van der Waals surface area contributed by atoms with Crippen molar-refractivity contribution in [1.82, 2.24) is 15.0 Å². The fourth-order valence-electron chi connectivity index (χ4n) is 5.40. The summed E-state index contributed by atoms with van der Waals surface area (Å²) in [5.41, 5.74) is 2.95. The molecule has 0 aliphatic carbocycles. The van der Waals surface area contributed by atoms with Gasteiger partial charge in [-0.25, -0.2) is 0 Å². The molecule has 0 unspecified atom stereocenters. The van der Waals surface area contributed by atoms with Gasteiger partial charge < -0.3 is 14.2 Å². The SMILES string of the molecule is CC1(C)Cc2cccc(CN3CCC4(CC3)CCN(C(=O)c3ccno3)CC4)c2O1. The number of benzene rings is 1. The summed E-state index contributed by atoms with van der Waals surface area (Å²) in [4.78, 5) is 17.0. The molecule has 5 rings (SSSR count). The molecule has 0 atom stereocenters. The van der Waals surface area contributed by atoms with Crippen LogP contribution in [-0.2, 0) is 13.0 Å². The summed E-state index contributed by atoms with van der Waals surface area (Å²) in [6, 6.07) is 8.24. The van der Waals surface area contributed by atoms with Gasteiger partial charge in [0.25, 0.3) is 5.91 Å². The maximum Gasteiger partial charge on any atom is 0.292 e. The third kappa shape index (κ3) is 3.73. The molecule has 6 nitrogen and oxygen atoms in total. The van der Waals surface area contributed by atoms with E-state index in [0.717, 1.165) is 57.7 Å². The number of hydrogen-bond donors (Lipinski definition) is 0. The normalized spacial score (nSPS) is 22.7. The first kappa shape index (κ1) is 19.6. The molecular weight excluding hydrogens is 378 g/mol. The summed E-state index contributed by atoms with van der Waals surface area (Å²) in [6.45, 7) is 9.16. The van der Waals surface area contributed by atoms with Crippen molar-refractivity contribution in [3.8, 4) is 5.75 Å². The minimum Gasteiger partial charge on any atom is -0.487 e. The monoisotopic (exact) mass is 409 g/mol.